The maximum atomic E-state index is 11.8. The van der Waals surface area contributed by atoms with Crippen molar-refractivity contribution in [3.63, 3.8) is 0 Å². The van der Waals surface area contributed by atoms with Crippen molar-refractivity contribution in [3.05, 3.63) is 144 Å². The van der Waals surface area contributed by atoms with Gasteiger partial charge in [0.25, 0.3) is 0 Å². The number of nitriles is 2. The van der Waals surface area contributed by atoms with Crippen LogP contribution in [0.3, 0.4) is 0 Å². The fourth-order valence-corrected chi connectivity index (χ4v) is 12.0. The summed E-state index contributed by atoms with van der Waals surface area (Å²) in [6, 6.07) is 47.3. The highest BCUT2D eigenvalue weighted by Gasteiger charge is 2.57. The van der Waals surface area contributed by atoms with Crippen LogP contribution in [0.5, 0.6) is 23.0 Å². The van der Waals surface area contributed by atoms with Crippen LogP contribution in [-0.2, 0) is 10.8 Å². The lowest BCUT2D eigenvalue weighted by molar-refractivity contribution is 0.204. The van der Waals surface area contributed by atoms with E-state index in [1.165, 1.54) is 24.0 Å². The number of hydrogen-bond donors (Lipinski definition) is 0. The predicted octanol–water partition coefficient (Wildman–Crippen LogP) is 14.7. The summed E-state index contributed by atoms with van der Waals surface area (Å²) in [7, 11) is 0. The first kappa shape index (κ1) is 34.3. The van der Waals surface area contributed by atoms with Gasteiger partial charge < -0.3 is 19.3 Å². The number of fused-ring (bicyclic) bond motifs is 11. The molecule has 2 spiro atoms. The quantitative estimate of drug-likeness (QED) is 0.174. The molecular weight excluding hydrogens is 725 g/mol. The Bertz CT molecular complexity index is 2790. The van der Waals surface area contributed by atoms with Crippen LogP contribution in [-0.4, -0.2) is 0 Å². The zero-order valence-electron chi connectivity index (χ0n) is 32.9. The van der Waals surface area contributed by atoms with Crippen LogP contribution in [0, 0.1) is 22.7 Å². The number of nitrogens with zero attached hydrogens (tertiary/aromatic N) is 4. The van der Waals surface area contributed by atoms with Crippen molar-refractivity contribution in [2.24, 2.45) is 0 Å². The Labute approximate surface area is 344 Å². The maximum absolute atomic E-state index is 11.8. The molecule has 2 heterocycles. The van der Waals surface area contributed by atoms with Crippen LogP contribution in [0.4, 0.5) is 34.1 Å². The van der Waals surface area contributed by atoms with Gasteiger partial charge >= 0.3 is 0 Å². The molecule has 7 aromatic carbocycles. The number of anilines is 6. The summed E-state index contributed by atoms with van der Waals surface area (Å²) >= 11 is 0. The van der Waals surface area contributed by atoms with Gasteiger partial charge in [0, 0.05) is 10.8 Å². The zero-order valence-corrected chi connectivity index (χ0v) is 32.9. The maximum Gasteiger partial charge on any atom is 0.159 e. The summed E-state index contributed by atoms with van der Waals surface area (Å²) in [4.78, 5) is 4.63. The molecule has 0 N–H and O–H groups in total. The third-order valence-electron chi connectivity index (χ3n) is 14.3. The number of benzene rings is 7. The lowest BCUT2D eigenvalue weighted by atomic mass is 9.64. The summed E-state index contributed by atoms with van der Waals surface area (Å²) in [5.41, 5.74) is 8.31. The van der Waals surface area contributed by atoms with Crippen LogP contribution in [0.15, 0.2) is 121 Å². The SMILES string of the molecule is N#Cc1c(C#N)c(N2c3ccccc3Oc3c2ccc2ccccc32)c2c(c1N1c3ccccc3Oc3c1ccc1ccccc31)C1(CCCCC1)CC21CCCCC1. The minimum atomic E-state index is -0.170. The van der Waals surface area contributed by atoms with E-state index in [2.05, 4.69) is 119 Å². The summed E-state index contributed by atoms with van der Waals surface area (Å²) in [5.74, 6) is 3.02. The van der Waals surface area contributed by atoms with Gasteiger partial charge in [0.15, 0.2) is 23.0 Å². The Morgan fingerprint density at radius 3 is 1.29 bits per heavy atom. The van der Waals surface area contributed by atoms with Gasteiger partial charge in [-0.2, -0.15) is 10.5 Å². The number of hydrogen-bond acceptors (Lipinski definition) is 6. The fourth-order valence-electron chi connectivity index (χ4n) is 12.0. The minimum absolute atomic E-state index is 0.170. The predicted molar refractivity (Wildman–Crippen MR) is 235 cm³/mol. The van der Waals surface area contributed by atoms with Gasteiger partial charge in [-0.15, -0.1) is 0 Å². The molecule has 2 aliphatic heterocycles. The molecule has 6 heteroatoms. The lowest BCUT2D eigenvalue weighted by Gasteiger charge is -2.42. The van der Waals surface area contributed by atoms with Crippen molar-refractivity contribution in [3.8, 4) is 35.1 Å². The van der Waals surface area contributed by atoms with Gasteiger partial charge in [-0.05, 0) is 101 Å². The van der Waals surface area contributed by atoms with Crippen molar-refractivity contribution in [1.82, 2.24) is 0 Å². The van der Waals surface area contributed by atoms with Gasteiger partial charge in [0.05, 0.1) is 45.3 Å². The van der Waals surface area contributed by atoms with E-state index in [9.17, 15) is 10.5 Å². The molecule has 2 fully saturated rings. The first-order chi connectivity index (χ1) is 29.1. The Morgan fingerprint density at radius 2 is 0.847 bits per heavy atom. The summed E-state index contributed by atoms with van der Waals surface area (Å²) in [6.07, 6.45) is 12.2. The van der Waals surface area contributed by atoms with Gasteiger partial charge in [-0.25, -0.2) is 0 Å². The molecule has 6 nitrogen and oxygen atoms in total. The molecule has 0 saturated heterocycles. The molecule has 5 aliphatic rings. The largest absolute Gasteiger partial charge is 0.452 e. The fraction of sp³-hybridized carbons (Fsp3) is 0.245. The van der Waals surface area contributed by atoms with Crippen LogP contribution >= 0.6 is 0 Å². The standard InChI is InChI=1S/C53H42N4O2/c54-31-38-39(32-55)49(57-41-20-8-10-22-45(41)59-51-37-18-6-4-16-35(37)24-26-43(51)57)47-46(52(27-11-1-12-28-52)33-53(47)29-13-2-14-30-53)48(38)56-40-19-7-9-21-44(40)58-50-36-17-5-3-15-34(36)23-25-42(50)56/h3-10,15-26H,1-2,11-14,27-30,33H2. The molecule has 0 amide bonds. The van der Waals surface area contributed by atoms with Crippen molar-refractivity contribution in [2.75, 3.05) is 9.80 Å². The van der Waals surface area contributed by atoms with Crippen LogP contribution in [0.25, 0.3) is 21.5 Å². The second kappa shape index (κ2) is 12.9. The second-order valence-electron chi connectivity index (χ2n) is 17.4. The summed E-state index contributed by atoms with van der Waals surface area (Å²) < 4.78 is 13.7. The Kier molecular flexibility index (Phi) is 7.48. The summed E-state index contributed by atoms with van der Waals surface area (Å²) in [6.45, 7) is 0. The topological polar surface area (TPSA) is 72.5 Å². The average Bonchev–Trinajstić information content (AvgIpc) is 3.54. The molecule has 0 aromatic heterocycles. The zero-order chi connectivity index (χ0) is 39.3. The Morgan fingerprint density at radius 1 is 0.441 bits per heavy atom. The van der Waals surface area contributed by atoms with E-state index in [1.807, 2.05) is 24.3 Å². The molecule has 286 valence electrons. The molecular formula is C53H42N4O2. The Hall–Kier alpha value is -6.76. The van der Waals surface area contributed by atoms with Crippen molar-refractivity contribution in [1.29, 1.82) is 10.5 Å². The molecule has 3 aliphatic carbocycles. The van der Waals surface area contributed by atoms with Gasteiger partial charge in [-0.1, -0.05) is 123 Å². The van der Waals surface area contributed by atoms with Gasteiger partial charge in [-0.3, -0.25) is 0 Å². The third kappa shape index (κ3) is 4.78. The van der Waals surface area contributed by atoms with Crippen molar-refractivity contribution < 1.29 is 9.47 Å². The summed E-state index contributed by atoms with van der Waals surface area (Å²) in [5, 5.41) is 27.8. The highest BCUT2D eigenvalue weighted by Crippen LogP contribution is 2.69. The monoisotopic (exact) mass is 766 g/mol. The van der Waals surface area contributed by atoms with Crippen molar-refractivity contribution in [2.45, 2.75) is 81.5 Å². The molecule has 7 aromatic rings. The van der Waals surface area contributed by atoms with Crippen LogP contribution in [0.1, 0.15) is 92.9 Å². The van der Waals surface area contributed by atoms with E-state index in [0.717, 1.165) is 136 Å². The van der Waals surface area contributed by atoms with Gasteiger partial charge in [0.1, 0.15) is 12.1 Å². The number of ether oxygens (including phenoxy) is 2. The highest BCUT2D eigenvalue weighted by molar-refractivity contribution is 6.05. The molecule has 0 radical (unpaired) electrons. The van der Waals surface area contributed by atoms with E-state index in [-0.39, 0.29) is 10.8 Å². The molecule has 0 atom stereocenters. The third-order valence-corrected chi connectivity index (χ3v) is 14.3. The van der Waals surface area contributed by atoms with E-state index >= 15 is 0 Å². The van der Waals surface area contributed by atoms with E-state index in [1.54, 1.807) is 0 Å². The second-order valence-corrected chi connectivity index (χ2v) is 17.4. The number of rotatable bonds is 2. The van der Waals surface area contributed by atoms with E-state index in [0.29, 0.717) is 11.1 Å². The number of para-hydroxylation sites is 4. The minimum Gasteiger partial charge on any atom is -0.452 e. The first-order valence-corrected chi connectivity index (χ1v) is 21.4. The highest BCUT2D eigenvalue weighted by atomic mass is 16.5. The molecule has 59 heavy (non-hydrogen) atoms. The van der Waals surface area contributed by atoms with E-state index < -0.39 is 0 Å². The van der Waals surface area contributed by atoms with Crippen LogP contribution in [0.2, 0.25) is 0 Å². The van der Waals surface area contributed by atoms with E-state index in [4.69, 9.17) is 9.47 Å². The molecule has 0 bridgehead atoms. The average molecular weight is 767 g/mol. The molecule has 12 rings (SSSR count). The van der Waals surface area contributed by atoms with Crippen LogP contribution < -0.4 is 19.3 Å². The molecule has 2 saturated carbocycles. The normalized spacial score (nSPS) is 17.9. The lowest BCUT2D eigenvalue weighted by Crippen LogP contribution is -2.33. The Balaban J connectivity index is 1.26. The smallest absolute Gasteiger partial charge is 0.159 e. The van der Waals surface area contributed by atoms with Crippen molar-refractivity contribution >= 4 is 55.7 Å². The van der Waals surface area contributed by atoms with Gasteiger partial charge in [0.2, 0.25) is 0 Å². The molecule has 0 unspecified atom stereocenters. The first-order valence-electron chi connectivity index (χ1n) is 21.4.